The van der Waals surface area contributed by atoms with Crippen LogP contribution in [0.4, 0.5) is 0 Å². The molecule has 0 fully saturated rings. The Kier molecular flexibility index (Phi) is 4.41. The molecule has 1 aromatic carbocycles. The molecule has 0 N–H and O–H groups in total. The molecule has 0 saturated heterocycles. The maximum Gasteiger partial charge on any atom is 0.140 e. The summed E-state index contributed by atoms with van der Waals surface area (Å²) < 4.78 is 2.25. The van der Waals surface area contributed by atoms with Crippen LogP contribution >= 0.6 is 11.3 Å². The first-order valence-corrected chi connectivity index (χ1v) is 8.36. The zero-order valence-corrected chi connectivity index (χ0v) is 14.0. The second-order valence-electron chi connectivity index (χ2n) is 5.75. The third-order valence-corrected chi connectivity index (χ3v) is 4.72. The van der Waals surface area contributed by atoms with Crippen molar-refractivity contribution in [2.45, 2.75) is 19.5 Å². The van der Waals surface area contributed by atoms with Gasteiger partial charge in [-0.25, -0.2) is 4.98 Å². The van der Waals surface area contributed by atoms with Gasteiger partial charge in [-0.3, -0.25) is 0 Å². The van der Waals surface area contributed by atoms with Crippen LogP contribution in [-0.4, -0.2) is 28.5 Å². The molecule has 4 heteroatoms. The molecule has 0 amide bonds. The van der Waals surface area contributed by atoms with Crippen molar-refractivity contribution in [3.8, 4) is 11.4 Å². The Morgan fingerprint density at radius 2 is 2.05 bits per heavy atom. The summed E-state index contributed by atoms with van der Waals surface area (Å²) in [7, 11) is 4.27. The number of imidazole rings is 1. The molecular formula is C18H21N3S. The minimum atomic E-state index is 0.327. The van der Waals surface area contributed by atoms with E-state index >= 15 is 0 Å². The fourth-order valence-electron chi connectivity index (χ4n) is 2.80. The molecule has 3 aromatic rings. The monoisotopic (exact) mass is 311 g/mol. The fourth-order valence-corrected chi connectivity index (χ4v) is 3.43. The Balaban J connectivity index is 1.93. The van der Waals surface area contributed by atoms with Crippen LogP contribution in [0.5, 0.6) is 0 Å². The Morgan fingerprint density at radius 1 is 1.23 bits per heavy atom. The van der Waals surface area contributed by atoms with Gasteiger partial charge in [-0.05, 0) is 43.6 Å². The molecule has 3 nitrogen and oxygen atoms in total. The number of nitrogens with zero attached hydrogens (tertiary/aromatic N) is 3. The predicted molar refractivity (Wildman–Crippen MR) is 93.1 cm³/mol. The van der Waals surface area contributed by atoms with Gasteiger partial charge in [0.1, 0.15) is 5.82 Å². The molecule has 0 unspecified atom stereocenters. The molecule has 3 rings (SSSR count). The fraction of sp³-hybridized carbons (Fsp3) is 0.278. The smallest absolute Gasteiger partial charge is 0.140 e. The number of hydrogen-bond donors (Lipinski definition) is 0. The molecule has 1 atom stereocenters. The van der Waals surface area contributed by atoms with Gasteiger partial charge in [-0.2, -0.15) is 11.3 Å². The Morgan fingerprint density at radius 3 is 2.73 bits per heavy atom. The van der Waals surface area contributed by atoms with Gasteiger partial charge in [0.2, 0.25) is 0 Å². The predicted octanol–water partition coefficient (Wildman–Crippen LogP) is 4.22. The quantitative estimate of drug-likeness (QED) is 0.703. The van der Waals surface area contributed by atoms with E-state index in [4.69, 9.17) is 0 Å². The normalized spacial score (nSPS) is 12.7. The van der Waals surface area contributed by atoms with E-state index in [1.165, 1.54) is 16.7 Å². The van der Waals surface area contributed by atoms with Crippen molar-refractivity contribution in [2.24, 2.45) is 0 Å². The van der Waals surface area contributed by atoms with Crippen LogP contribution in [0, 0.1) is 6.92 Å². The highest BCUT2D eigenvalue weighted by molar-refractivity contribution is 7.08. The average Bonchev–Trinajstić information content (AvgIpc) is 3.16. The molecular weight excluding hydrogens is 290 g/mol. The molecule has 0 saturated carbocycles. The number of thiophene rings is 1. The Bertz CT molecular complexity index is 728. The first-order valence-electron chi connectivity index (χ1n) is 7.42. The van der Waals surface area contributed by atoms with Gasteiger partial charge in [0, 0.05) is 29.9 Å². The van der Waals surface area contributed by atoms with Crippen molar-refractivity contribution >= 4 is 11.3 Å². The molecule has 22 heavy (non-hydrogen) atoms. The first-order chi connectivity index (χ1) is 10.7. The summed E-state index contributed by atoms with van der Waals surface area (Å²) in [6.07, 6.45) is 3.96. The van der Waals surface area contributed by atoms with Gasteiger partial charge in [-0.1, -0.05) is 24.3 Å². The lowest BCUT2D eigenvalue weighted by atomic mass is 10.0. The van der Waals surface area contributed by atoms with Gasteiger partial charge < -0.3 is 9.47 Å². The van der Waals surface area contributed by atoms with Crippen LogP contribution in [0.25, 0.3) is 11.4 Å². The van der Waals surface area contributed by atoms with E-state index in [0.717, 1.165) is 12.4 Å². The number of likely N-dealkylation sites (N-methyl/N-ethyl adjacent to an activating group) is 1. The van der Waals surface area contributed by atoms with Crippen molar-refractivity contribution in [3.05, 3.63) is 64.6 Å². The molecule has 0 spiro atoms. The second-order valence-corrected chi connectivity index (χ2v) is 6.53. The summed E-state index contributed by atoms with van der Waals surface area (Å²) in [5.74, 6) is 1.04. The van der Waals surface area contributed by atoms with Crippen LogP contribution in [-0.2, 0) is 6.54 Å². The summed E-state index contributed by atoms with van der Waals surface area (Å²) in [6.45, 7) is 3.07. The molecule has 2 aromatic heterocycles. The van der Waals surface area contributed by atoms with Gasteiger partial charge in [0.05, 0.1) is 6.04 Å². The lowest BCUT2D eigenvalue weighted by Gasteiger charge is -2.27. The third kappa shape index (κ3) is 2.98. The zero-order valence-electron chi connectivity index (χ0n) is 13.2. The zero-order chi connectivity index (χ0) is 15.5. The standard InChI is InChI=1S/C18H21N3S/c1-14-6-4-5-7-16(14)17(20(2)3)12-21-10-9-19-18(21)15-8-11-22-13-15/h4-11,13,17H,12H2,1-3H3/t17-/m1/s1. The molecule has 0 aliphatic carbocycles. The first kappa shape index (κ1) is 15.0. The molecule has 2 heterocycles. The SMILES string of the molecule is Cc1ccccc1[C@@H](Cn1ccnc1-c1ccsc1)N(C)C. The molecule has 0 bridgehead atoms. The lowest BCUT2D eigenvalue weighted by Crippen LogP contribution is -2.25. The highest BCUT2D eigenvalue weighted by Crippen LogP contribution is 2.27. The van der Waals surface area contributed by atoms with E-state index in [1.807, 2.05) is 6.20 Å². The third-order valence-electron chi connectivity index (χ3n) is 4.04. The van der Waals surface area contributed by atoms with Gasteiger partial charge in [-0.15, -0.1) is 0 Å². The van der Waals surface area contributed by atoms with E-state index in [2.05, 4.69) is 82.8 Å². The van der Waals surface area contributed by atoms with Crippen LogP contribution in [0.15, 0.2) is 53.5 Å². The van der Waals surface area contributed by atoms with Crippen molar-refractivity contribution in [3.63, 3.8) is 0 Å². The number of rotatable bonds is 5. The minimum Gasteiger partial charge on any atom is -0.329 e. The van der Waals surface area contributed by atoms with E-state index in [0.29, 0.717) is 6.04 Å². The molecule has 0 aliphatic rings. The number of aromatic nitrogens is 2. The minimum absolute atomic E-state index is 0.327. The molecule has 0 aliphatic heterocycles. The van der Waals surface area contributed by atoms with E-state index in [9.17, 15) is 0 Å². The van der Waals surface area contributed by atoms with Crippen LogP contribution < -0.4 is 0 Å². The summed E-state index contributed by atoms with van der Waals surface area (Å²) in [5.41, 5.74) is 3.90. The summed E-state index contributed by atoms with van der Waals surface area (Å²) >= 11 is 1.71. The molecule has 114 valence electrons. The summed E-state index contributed by atoms with van der Waals surface area (Å²) in [6, 6.07) is 11.1. The van der Waals surface area contributed by atoms with Gasteiger partial charge in [0.25, 0.3) is 0 Å². The molecule has 0 radical (unpaired) electrons. The van der Waals surface area contributed by atoms with Gasteiger partial charge >= 0.3 is 0 Å². The number of benzene rings is 1. The van der Waals surface area contributed by atoms with Crippen LogP contribution in [0.2, 0.25) is 0 Å². The average molecular weight is 311 g/mol. The van der Waals surface area contributed by atoms with Crippen molar-refractivity contribution in [2.75, 3.05) is 14.1 Å². The Labute approximate surface area is 135 Å². The van der Waals surface area contributed by atoms with Crippen molar-refractivity contribution < 1.29 is 0 Å². The topological polar surface area (TPSA) is 21.1 Å². The lowest BCUT2D eigenvalue weighted by molar-refractivity contribution is 0.269. The summed E-state index contributed by atoms with van der Waals surface area (Å²) in [4.78, 5) is 6.82. The second kappa shape index (κ2) is 6.46. The maximum atomic E-state index is 4.54. The summed E-state index contributed by atoms with van der Waals surface area (Å²) in [5, 5.41) is 4.25. The van der Waals surface area contributed by atoms with Crippen LogP contribution in [0.1, 0.15) is 17.2 Å². The van der Waals surface area contributed by atoms with Gasteiger partial charge in [0.15, 0.2) is 0 Å². The van der Waals surface area contributed by atoms with E-state index < -0.39 is 0 Å². The highest BCUT2D eigenvalue weighted by Gasteiger charge is 2.18. The van der Waals surface area contributed by atoms with Crippen molar-refractivity contribution in [1.29, 1.82) is 0 Å². The van der Waals surface area contributed by atoms with E-state index in [-0.39, 0.29) is 0 Å². The number of aryl methyl sites for hydroxylation is 1. The Hall–Kier alpha value is -1.91. The van der Waals surface area contributed by atoms with Crippen molar-refractivity contribution in [1.82, 2.24) is 14.5 Å². The maximum absolute atomic E-state index is 4.54. The van der Waals surface area contributed by atoms with E-state index in [1.54, 1.807) is 11.3 Å². The number of hydrogen-bond acceptors (Lipinski definition) is 3. The largest absolute Gasteiger partial charge is 0.329 e. The highest BCUT2D eigenvalue weighted by atomic mass is 32.1. The van der Waals surface area contributed by atoms with Crippen LogP contribution in [0.3, 0.4) is 0 Å².